The fraction of sp³-hybridized carbons (Fsp3) is 0.520. The van der Waals surface area contributed by atoms with E-state index in [0.717, 1.165) is 0 Å². The minimum absolute atomic E-state index is 0.000830. The Labute approximate surface area is 232 Å². The molecule has 15 heteroatoms. The zero-order valence-electron chi connectivity index (χ0n) is 22.2. The van der Waals surface area contributed by atoms with E-state index in [1.54, 1.807) is 31.2 Å². The lowest BCUT2D eigenvalue weighted by atomic mass is 9.88. The van der Waals surface area contributed by atoms with E-state index in [1.165, 1.54) is 23.5 Å². The molecular formula is C25H33N5O8S2. The van der Waals surface area contributed by atoms with Gasteiger partial charge in [0, 0.05) is 31.7 Å². The molecule has 40 heavy (non-hydrogen) atoms. The van der Waals surface area contributed by atoms with Gasteiger partial charge in [-0.2, -0.15) is 4.31 Å². The third-order valence-corrected chi connectivity index (χ3v) is 11.0. The van der Waals surface area contributed by atoms with Crippen LogP contribution in [0.25, 0.3) is 11.0 Å². The van der Waals surface area contributed by atoms with Crippen LogP contribution >= 0.6 is 0 Å². The molecular weight excluding hydrogens is 562 g/mol. The maximum atomic E-state index is 13.5. The summed E-state index contributed by atoms with van der Waals surface area (Å²) in [6.07, 6.45) is 0.965. The standard InChI is InChI=1S/C25H33N5O8S2/c1-17-6-7-22-23(29-38-28-22)24(17)40(34,35)30-10-8-25(9-11-30)13-18(15-37-25)27-14-19(31)16-36-20-4-3-5-21(12-20)39(32,33)26-2/h3-7,12,18-19,26-27,31H,8-11,13-16H2,1-2H3. The van der Waals surface area contributed by atoms with Crippen LogP contribution in [0.2, 0.25) is 0 Å². The topological polar surface area (TPSA) is 173 Å². The fourth-order valence-corrected chi connectivity index (χ4v) is 7.79. The van der Waals surface area contributed by atoms with E-state index in [1.807, 2.05) is 0 Å². The Balaban J connectivity index is 1.11. The summed E-state index contributed by atoms with van der Waals surface area (Å²) in [6.45, 7) is 3.05. The molecule has 0 aliphatic carbocycles. The van der Waals surface area contributed by atoms with Crippen molar-refractivity contribution in [3.63, 3.8) is 0 Å². The van der Waals surface area contributed by atoms with Crippen molar-refractivity contribution in [2.75, 3.05) is 39.9 Å². The van der Waals surface area contributed by atoms with Crippen LogP contribution in [0.15, 0.2) is 50.8 Å². The van der Waals surface area contributed by atoms with Gasteiger partial charge in [0.2, 0.25) is 20.0 Å². The molecule has 2 atom stereocenters. The smallest absolute Gasteiger partial charge is 0.245 e. The molecule has 0 radical (unpaired) electrons. The zero-order chi connectivity index (χ0) is 28.5. The highest BCUT2D eigenvalue weighted by molar-refractivity contribution is 7.89. The van der Waals surface area contributed by atoms with Crippen molar-refractivity contribution in [1.29, 1.82) is 0 Å². The molecule has 2 unspecified atom stereocenters. The van der Waals surface area contributed by atoms with Crippen LogP contribution < -0.4 is 14.8 Å². The van der Waals surface area contributed by atoms with Crippen molar-refractivity contribution in [2.45, 2.75) is 53.7 Å². The number of piperidine rings is 1. The second kappa shape index (κ2) is 11.3. The third-order valence-electron chi connectivity index (χ3n) is 7.49. The Kier molecular flexibility index (Phi) is 8.16. The zero-order valence-corrected chi connectivity index (χ0v) is 23.9. The summed E-state index contributed by atoms with van der Waals surface area (Å²) in [4.78, 5) is 0.204. The van der Waals surface area contributed by atoms with Crippen LogP contribution in [-0.2, 0) is 24.8 Å². The Morgan fingerprint density at radius 3 is 2.70 bits per heavy atom. The van der Waals surface area contributed by atoms with Crippen molar-refractivity contribution >= 4 is 31.1 Å². The van der Waals surface area contributed by atoms with Crippen molar-refractivity contribution in [3.05, 3.63) is 42.0 Å². The monoisotopic (exact) mass is 595 g/mol. The molecule has 2 saturated heterocycles. The summed E-state index contributed by atoms with van der Waals surface area (Å²) in [6, 6.07) is 9.44. The fourth-order valence-electron chi connectivity index (χ4n) is 5.24. The SMILES string of the molecule is CNS(=O)(=O)c1cccc(OCC(O)CNC2COC3(CCN(S(=O)(=O)c4c(C)ccc5nonc45)CC3)C2)c1. The molecule has 0 saturated carbocycles. The lowest BCUT2D eigenvalue weighted by molar-refractivity contribution is -0.0312. The molecule has 218 valence electrons. The molecule has 3 N–H and O–H groups in total. The summed E-state index contributed by atoms with van der Waals surface area (Å²) in [5.74, 6) is 0.339. The van der Waals surface area contributed by atoms with Crippen molar-refractivity contribution in [3.8, 4) is 5.75 Å². The third kappa shape index (κ3) is 5.86. The summed E-state index contributed by atoms with van der Waals surface area (Å²) in [5, 5.41) is 21.3. The summed E-state index contributed by atoms with van der Waals surface area (Å²) in [5.41, 5.74) is 0.789. The summed E-state index contributed by atoms with van der Waals surface area (Å²) in [7, 11) is -6.06. The van der Waals surface area contributed by atoms with Crippen LogP contribution in [0.3, 0.4) is 0 Å². The highest BCUT2D eigenvalue weighted by Gasteiger charge is 2.45. The molecule has 1 aromatic heterocycles. The van der Waals surface area contributed by atoms with Crippen molar-refractivity contribution in [2.24, 2.45) is 0 Å². The first-order chi connectivity index (χ1) is 19.0. The highest BCUT2D eigenvalue weighted by Crippen LogP contribution is 2.38. The minimum atomic E-state index is -3.80. The van der Waals surface area contributed by atoms with Crippen molar-refractivity contribution < 1.29 is 36.0 Å². The molecule has 13 nitrogen and oxygen atoms in total. The molecule has 2 aromatic carbocycles. The van der Waals surface area contributed by atoms with E-state index in [2.05, 4.69) is 20.4 Å². The first-order valence-electron chi connectivity index (χ1n) is 13.0. The number of fused-ring (bicyclic) bond motifs is 1. The number of sulfonamides is 2. The number of aliphatic hydroxyl groups is 1. The van der Waals surface area contributed by atoms with E-state index < -0.39 is 31.8 Å². The number of aromatic nitrogens is 2. The summed E-state index contributed by atoms with van der Waals surface area (Å²) < 4.78 is 71.2. The number of rotatable bonds is 10. The molecule has 0 bridgehead atoms. The number of ether oxygens (including phenoxy) is 2. The molecule has 3 aromatic rings. The van der Waals surface area contributed by atoms with E-state index in [0.29, 0.717) is 55.8 Å². The normalized spacial score (nSPS) is 20.7. The van der Waals surface area contributed by atoms with Gasteiger partial charge >= 0.3 is 0 Å². The molecule has 0 amide bonds. The Bertz CT molecular complexity index is 1570. The molecule has 2 aliphatic heterocycles. The molecule has 2 fully saturated rings. The van der Waals surface area contributed by atoms with Gasteiger partial charge in [-0.3, -0.25) is 0 Å². The number of nitrogens with zero attached hydrogens (tertiary/aromatic N) is 3. The van der Waals surface area contributed by atoms with Gasteiger partial charge in [-0.05, 0) is 67.3 Å². The Morgan fingerprint density at radius 1 is 1.18 bits per heavy atom. The predicted molar refractivity (Wildman–Crippen MR) is 144 cm³/mol. The van der Waals surface area contributed by atoms with Crippen LogP contribution in [0.1, 0.15) is 24.8 Å². The van der Waals surface area contributed by atoms with Gasteiger partial charge in [-0.25, -0.2) is 26.2 Å². The van der Waals surface area contributed by atoms with Gasteiger partial charge < -0.3 is 19.9 Å². The van der Waals surface area contributed by atoms with Gasteiger partial charge in [-0.15, -0.1) is 0 Å². The number of hydrogen-bond acceptors (Lipinski definition) is 11. The Morgan fingerprint density at radius 2 is 1.95 bits per heavy atom. The van der Waals surface area contributed by atoms with Crippen LogP contribution in [0, 0.1) is 6.92 Å². The van der Waals surface area contributed by atoms with E-state index in [9.17, 15) is 21.9 Å². The highest BCUT2D eigenvalue weighted by atomic mass is 32.2. The minimum Gasteiger partial charge on any atom is -0.491 e. The molecule has 1 spiro atoms. The maximum Gasteiger partial charge on any atom is 0.245 e. The van der Waals surface area contributed by atoms with Gasteiger partial charge in [0.25, 0.3) is 0 Å². The summed E-state index contributed by atoms with van der Waals surface area (Å²) >= 11 is 0. The number of aryl methyl sites for hydroxylation is 1. The second-order valence-corrected chi connectivity index (χ2v) is 14.0. The van der Waals surface area contributed by atoms with E-state index in [-0.39, 0.29) is 34.5 Å². The van der Waals surface area contributed by atoms with Gasteiger partial charge in [0.05, 0.1) is 17.1 Å². The van der Waals surface area contributed by atoms with E-state index >= 15 is 0 Å². The molecule has 3 heterocycles. The lowest BCUT2D eigenvalue weighted by Crippen LogP contribution is -2.47. The average molecular weight is 596 g/mol. The second-order valence-electron chi connectivity index (χ2n) is 10.2. The van der Waals surface area contributed by atoms with Gasteiger partial charge in [0.1, 0.15) is 28.9 Å². The molecule has 5 rings (SSSR count). The van der Waals surface area contributed by atoms with Crippen LogP contribution in [0.4, 0.5) is 0 Å². The Hall–Kier alpha value is -2.66. The number of hydrogen-bond donors (Lipinski definition) is 3. The van der Waals surface area contributed by atoms with Crippen molar-refractivity contribution in [1.82, 2.24) is 24.7 Å². The number of nitrogens with one attached hydrogen (secondary N) is 2. The van der Waals surface area contributed by atoms with Crippen LogP contribution in [0.5, 0.6) is 5.75 Å². The van der Waals surface area contributed by atoms with Gasteiger partial charge in [-0.1, -0.05) is 12.1 Å². The average Bonchev–Trinajstić information content (AvgIpc) is 3.58. The maximum absolute atomic E-state index is 13.5. The first kappa shape index (κ1) is 28.9. The number of aliphatic hydroxyl groups excluding tert-OH is 1. The molecule has 2 aliphatic rings. The van der Waals surface area contributed by atoms with Gasteiger partial charge in [0.15, 0.2) is 5.52 Å². The predicted octanol–water partition coefficient (Wildman–Crippen LogP) is 0.781. The largest absolute Gasteiger partial charge is 0.491 e. The number of benzene rings is 2. The van der Waals surface area contributed by atoms with E-state index in [4.69, 9.17) is 14.1 Å². The van der Waals surface area contributed by atoms with Crippen LogP contribution in [-0.4, -0.2) is 94.2 Å². The first-order valence-corrected chi connectivity index (χ1v) is 15.9. The lowest BCUT2D eigenvalue weighted by Gasteiger charge is -2.38. The quantitative estimate of drug-likeness (QED) is 0.302.